The highest BCUT2D eigenvalue weighted by Crippen LogP contribution is 2.25. The molecule has 30 heavy (non-hydrogen) atoms. The van der Waals surface area contributed by atoms with Gasteiger partial charge in [-0.15, -0.1) is 0 Å². The predicted molar refractivity (Wildman–Crippen MR) is 113 cm³/mol. The lowest BCUT2D eigenvalue weighted by molar-refractivity contribution is -0.119. The SMILES string of the molecule is COc1cc(/C=C(\F)C(=O)N[C@@H](CO)Cc2ccccc2)ccc1-n1cnc(C)c1. The summed E-state index contributed by atoms with van der Waals surface area (Å²) in [5.41, 5.74) is 3.03. The van der Waals surface area contributed by atoms with E-state index in [0.717, 1.165) is 23.0 Å². The van der Waals surface area contributed by atoms with Crippen LogP contribution in [0.1, 0.15) is 16.8 Å². The van der Waals surface area contributed by atoms with Crippen molar-refractivity contribution in [3.8, 4) is 11.4 Å². The van der Waals surface area contributed by atoms with Gasteiger partial charge in [0.1, 0.15) is 5.75 Å². The zero-order chi connectivity index (χ0) is 21.5. The molecule has 3 aromatic rings. The van der Waals surface area contributed by atoms with Crippen LogP contribution in [0.4, 0.5) is 4.39 Å². The topological polar surface area (TPSA) is 76.4 Å². The Balaban J connectivity index is 1.72. The molecule has 2 aromatic carbocycles. The number of aliphatic hydroxyl groups is 1. The van der Waals surface area contributed by atoms with E-state index >= 15 is 0 Å². The van der Waals surface area contributed by atoms with Crippen LogP contribution in [0.25, 0.3) is 11.8 Å². The maximum Gasteiger partial charge on any atom is 0.280 e. The quantitative estimate of drug-likeness (QED) is 0.560. The van der Waals surface area contributed by atoms with Crippen LogP contribution in [0.5, 0.6) is 5.75 Å². The van der Waals surface area contributed by atoms with E-state index in [0.29, 0.717) is 17.7 Å². The first-order valence-corrected chi connectivity index (χ1v) is 9.52. The van der Waals surface area contributed by atoms with Crippen molar-refractivity contribution < 1.29 is 19.0 Å². The normalized spacial score (nSPS) is 12.5. The van der Waals surface area contributed by atoms with Crippen molar-refractivity contribution in [3.63, 3.8) is 0 Å². The van der Waals surface area contributed by atoms with Crippen LogP contribution in [0.2, 0.25) is 0 Å². The number of hydrogen-bond donors (Lipinski definition) is 2. The summed E-state index contributed by atoms with van der Waals surface area (Å²) in [5.74, 6) is -1.31. The molecule has 0 spiro atoms. The molecule has 0 unspecified atom stereocenters. The van der Waals surface area contributed by atoms with E-state index in [4.69, 9.17) is 4.74 Å². The van der Waals surface area contributed by atoms with Crippen LogP contribution in [0.15, 0.2) is 66.9 Å². The Bertz CT molecular complexity index is 1030. The molecule has 0 radical (unpaired) electrons. The van der Waals surface area contributed by atoms with Gasteiger partial charge in [-0.2, -0.15) is 0 Å². The van der Waals surface area contributed by atoms with Gasteiger partial charge in [-0.25, -0.2) is 9.37 Å². The predicted octanol–water partition coefficient (Wildman–Crippen LogP) is 3.22. The van der Waals surface area contributed by atoms with E-state index in [-0.39, 0.29) is 6.61 Å². The number of amides is 1. The van der Waals surface area contributed by atoms with E-state index in [1.54, 1.807) is 29.1 Å². The van der Waals surface area contributed by atoms with Gasteiger partial charge in [-0.3, -0.25) is 4.79 Å². The standard InChI is InChI=1S/C23H24FN3O3/c1-16-13-27(15-25-16)21-9-8-18(12-22(21)30-2)11-20(24)23(29)26-19(14-28)10-17-6-4-3-5-7-17/h3-9,11-13,15,19,28H,10,14H2,1-2H3,(H,26,29)/b20-11-/t19-/m1/s1. The van der Waals surface area contributed by atoms with Crippen molar-refractivity contribution in [1.29, 1.82) is 0 Å². The Labute approximate surface area is 174 Å². The molecule has 1 atom stereocenters. The summed E-state index contributed by atoms with van der Waals surface area (Å²) < 4.78 is 21.7. The lowest BCUT2D eigenvalue weighted by Gasteiger charge is -2.16. The van der Waals surface area contributed by atoms with E-state index in [1.807, 2.05) is 43.5 Å². The van der Waals surface area contributed by atoms with Crippen molar-refractivity contribution >= 4 is 12.0 Å². The number of hydrogen-bond acceptors (Lipinski definition) is 4. The fraction of sp³-hybridized carbons (Fsp3) is 0.217. The molecular weight excluding hydrogens is 385 g/mol. The van der Waals surface area contributed by atoms with Crippen LogP contribution < -0.4 is 10.1 Å². The second-order valence-electron chi connectivity index (χ2n) is 6.89. The third-order valence-electron chi connectivity index (χ3n) is 4.58. The number of carbonyl (C=O) groups is 1. The summed E-state index contributed by atoms with van der Waals surface area (Å²) in [4.78, 5) is 16.4. The number of aromatic nitrogens is 2. The average molecular weight is 409 g/mol. The van der Waals surface area contributed by atoms with Crippen molar-refractivity contribution in [3.05, 3.63) is 83.7 Å². The number of halogens is 1. The summed E-state index contributed by atoms with van der Waals surface area (Å²) >= 11 is 0. The number of rotatable bonds is 8. The number of aliphatic hydroxyl groups excluding tert-OH is 1. The highest BCUT2D eigenvalue weighted by Gasteiger charge is 2.16. The molecule has 2 N–H and O–H groups in total. The molecule has 0 fully saturated rings. The number of methoxy groups -OCH3 is 1. The Morgan fingerprint density at radius 3 is 2.70 bits per heavy atom. The summed E-state index contributed by atoms with van der Waals surface area (Å²) in [6.07, 6.45) is 5.06. The molecule has 0 aliphatic carbocycles. The first-order chi connectivity index (χ1) is 14.5. The fourth-order valence-electron chi connectivity index (χ4n) is 3.08. The minimum Gasteiger partial charge on any atom is -0.495 e. The molecule has 1 heterocycles. The van der Waals surface area contributed by atoms with Crippen LogP contribution >= 0.6 is 0 Å². The molecule has 6 nitrogen and oxygen atoms in total. The van der Waals surface area contributed by atoms with Crippen LogP contribution in [-0.2, 0) is 11.2 Å². The van der Waals surface area contributed by atoms with Gasteiger partial charge >= 0.3 is 0 Å². The average Bonchev–Trinajstić information content (AvgIpc) is 3.19. The number of nitrogens with zero attached hydrogens (tertiary/aromatic N) is 2. The molecule has 1 amide bonds. The van der Waals surface area contributed by atoms with Gasteiger partial charge in [0.15, 0.2) is 5.83 Å². The highest BCUT2D eigenvalue weighted by atomic mass is 19.1. The largest absolute Gasteiger partial charge is 0.495 e. The maximum atomic E-state index is 14.5. The fourth-order valence-corrected chi connectivity index (χ4v) is 3.08. The molecular formula is C23H24FN3O3. The molecule has 156 valence electrons. The summed E-state index contributed by atoms with van der Waals surface area (Å²) in [5, 5.41) is 12.1. The molecule has 3 rings (SSSR count). The van der Waals surface area contributed by atoms with E-state index in [1.165, 1.54) is 7.11 Å². The van der Waals surface area contributed by atoms with Gasteiger partial charge in [-0.1, -0.05) is 36.4 Å². The van der Waals surface area contributed by atoms with Crippen LogP contribution in [0, 0.1) is 6.92 Å². The second-order valence-corrected chi connectivity index (χ2v) is 6.89. The van der Waals surface area contributed by atoms with Crippen molar-refractivity contribution in [1.82, 2.24) is 14.9 Å². The Kier molecular flexibility index (Phi) is 6.98. The molecule has 0 saturated heterocycles. The van der Waals surface area contributed by atoms with Crippen LogP contribution in [0.3, 0.4) is 0 Å². The molecule has 0 aliphatic rings. The lowest BCUT2D eigenvalue weighted by atomic mass is 10.1. The first-order valence-electron chi connectivity index (χ1n) is 9.52. The molecule has 0 bridgehead atoms. The van der Waals surface area contributed by atoms with E-state index in [9.17, 15) is 14.3 Å². The molecule has 0 saturated carbocycles. The monoisotopic (exact) mass is 409 g/mol. The first kappa shape index (κ1) is 21.3. The van der Waals surface area contributed by atoms with Gasteiger partial charge in [0.25, 0.3) is 5.91 Å². The third kappa shape index (κ3) is 5.33. The van der Waals surface area contributed by atoms with Crippen molar-refractivity contribution in [2.75, 3.05) is 13.7 Å². The Morgan fingerprint density at radius 2 is 2.07 bits per heavy atom. The Hall–Kier alpha value is -3.45. The van der Waals surface area contributed by atoms with Gasteiger partial charge in [0.2, 0.25) is 0 Å². The second kappa shape index (κ2) is 9.84. The minimum atomic E-state index is -0.949. The summed E-state index contributed by atoms with van der Waals surface area (Å²) in [7, 11) is 1.52. The highest BCUT2D eigenvalue weighted by molar-refractivity contribution is 5.95. The van der Waals surface area contributed by atoms with Crippen molar-refractivity contribution in [2.45, 2.75) is 19.4 Å². The summed E-state index contributed by atoms with van der Waals surface area (Å²) in [6.45, 7) is 1.59. The van der Waals surface area contributed by atoms with Gasteiger partial charge < -0.3 is 19.7 Å². The number of ether oxygens (including phenoxy) is 1. The number of benzene rings is 2. The number of nitrogens with one attached hydrogen (secondary N) is 1. The lowest BCUT2D eigenvalue weighted by Crippen LogP contribution is -2.39. The van der Waals surface area contributed by atoms with Crippen molar-refractivity contribution in [2.24, 2.45) is 0 Å². The number of imidazole rings is 1. The van der Waals surface area contributed by atoms with E-state index in [2.05, 4.69) is 10.3 Å². The number of aryl methyl sites for hydroxylation is 1. The third-order valence-corrected chi connectivity index (χ3v) is 4.58. The van der Waals surface area contributed by atoms with E-state index < -0.39 is 17.8 Å². The Morgan fingerprint density at radius 1 is 1.30 bits per heavy atom. The minimum absolute atomic E-state index is 0.291. The smallest absolute Gasteiger partial charge is 0.280 e. The van der Waals surface area contributed by atoms with Gasteiger partial charge in [0.05, 0.1) is 37.5 Å². The molecule has 1 aromatic heterocycles. The van der Waals surface area contributed by atoms with Gasteiger partial charge in [-0.05, 0) is 42.7 Å². The zero-order valence-corrected chi connectivity index (χ0v) is 16.9. The molecule has 0 aliphatic heterocycles. The maximum absolute atomic E-state index is 14.5. The van der Waals surface area contributed by atoms with Gasteiger partial charge in [0, 0.05) is 6.20 Å². The number of carbonyl (C=O) groups excluding carboxylic acids is 1. The zero-order valence-electron chi connectivity index (χ0n) is 16.9. The summed E-state index contributed by atoms with van der Waals surface area (Å²) in [6, 6.07) is 13.9. The molecule has 7 heteroatoms. The van der Waals surface area contributed by atoms with Crippen LogP contribution in [-0.4, -0.2) is 40.3 Å².